The van der Waals surface area contributed by atoms with Gasteiger partial charge in [0.05, 0.1) is 10.2 Å². The molecule has 1 aliphatic rings. The van der Waals surface area contributed by atoms with E-state index in [1.54, 1.807) is 0 Å². The summed E-state index contributed by atoms with van der Waals surface area (Å²) in [6, 6.07) is 0. The number of halogens is 1. The maximum atomic E-state index is 5.90. The van der Waals surface area contributed by atoms with Gasteiger partial charge in [0.1, 0.15) is 11.6 Å². The largest absolute Gasteiger partial charge is 0.383 e. The summed E-state index contributed by atoms with van der Waals surface area (Å²) >= 11 is 3.44. The Morgan fingerprint density at radius 2 is 2.12 bits per heavy atom. The molecule has 0 amide bonds. The predicted octanol–water partition coefficient (Wildman–Crippen LogP) is 3.29. The molecule has 2 unspecified atom stereocenters. The van der Waals surface area contributed by atoms with Gasteiger partial charge in [-0.1, -0.05) is 13.8 Å². The zero-order valence-corrected chi connectivity index (χ0v) is 11.4. The Hall–Kier alpha value is -0.640. The molecular formula is C12H18BrN3. The third kappa shape index (κ3) is 2.21. The van der Waals surface area contributed by atoms with Crippen molar-refractivity contribution in [3.05, 3.63) is 16.0 Å². The Bertz CT molecular complexity index is 392. The summed E-state index contributed by atoms with van der Waals surface area (Å²) in [6.45, 7) is 4.39. The van der Waals surface area contributed by atoms with Crippen molar-refractivity contribution in [1.82, 2.24) is 9.97 Å². The molecule has 4 heteroatoms. The van der Waals surface area contributed by atoms with Gasteiger partial charge in [-0.05, 0) is 47.5 Å². The lowest BCUT2D eigenvalue weighted by Crippen LogP contribution is -2.08. The topological polar surface area (TPSA) is 51.8 Å². The van der Waals surface area contributed by atoms with Crippen LogP contribution in [0.3, 0.4) is 0 Å². The highest BCUT2D eigenvalue weighted by molar-refractivity contribution is 9.10. The molecule has 1 aliphatic carbocycles. The van der Waals surface area contributed by atoms with Crippen LogP contribution in [-0.2, 0) is 6.42 Å². The lowest BCUT2D eigenvalue weighted by atomic mass is 10.1. The van der Waals surface area contributed by atoms with Crippen molar-refractivity contribution < 1.29 is 0 Å². The number of aromatic nitrogens is 2. The molecule has 88 valence electrons. The van der Waals surface area contributed by atoms with Gasteiger partial charge in [0.15, 0.2) is 0 Å². The predicted molar refractivity (Wildman–Crippen MR) is 69.3 cm³/mol. The second-order valence-corrected chi connectivity index (χ2v) is 5.49. The summed E-state index contributed by atoms with van der Waals surface area (Å²) in [6.07, 6.45) is 4.57. The number of nitrogens with two attached hydrogens (primary N) is 1. The van der Waals surface area contributed by atoms with E-state index in [9.17, 15) is 0 Å². The molecular weight excluding hydrogens is 266 g/mol. The Morgan fingerprint density at radius 1 is 1.38 bits per heavy atom. The van der Waals surface area contributed by atoms with Crippen molar-refractivity contribution in [3.8, 4) is 0 Å². The highest BCUT2D eigenvalue weighted by Crippen LogP contribution is 2.37. The molecule has 16 heavy (non-hydrogen) atoms. The minimum absolute atomic E-state index is 0.510. The Kier molecular flexibility index (Phi) is 3.47. The number of hydrogen-bond donors (Lipinski definition) is 1. The average molecular weight is 284 g/mol. The molecule has 0 bridgehead atoms. The van der Waals surface area contributed by atoms with Crippen LogP contribution < -0.4 is 5.73 Å². The fraction of sp³-hybridized carbons (Fsp3) is 0.667. The van der Waals surface area contributed by atoms with E-state index in [-0.39, 0.29) is 0 Å². The van der Waals surface area contributed by atoms with E-state index in [4.69, 9.17) is 5.73 Å². The first kappa shape index (κ1) is 11.8. The summed E-state index contributed by atoms with van der Waals surface area (Å²) in [4.78, 5) is 9.05. The van der Waals surface area contributed by atoms with Crippen LogP contribution in [-0.4, -0.2) is 9.97 Å². The number of anilines is 1. The highest BCUT2D eigenvalue weighted by atomic mass is 79.9. The van der Waals surface area contributed by atoms with Gasteiger partial charge in [-0.2, -0.15) is 0 Å². The van der Waals surface area contributed by atoms with Crippen LogP contribution in [0.5, 0.6) is 0 Å². The van der Waals surface area contributed by atoms with Gasteiger partial charge in [0.2, 0.25) is 0 Å². The molecule has 0 spiro atoms. The van der Waals surface area contributed by atoms with Gasteiger partial charge in [0.25, 0.3) is 0 Å². The molecule has 1 aromatic heterocycles. The molecule has 1 aromatic rings. The SMILES string of the molecule is CCc1nc(C2CCC(C)C2)nc(N)c1Br. The molecule has 0 radical (unpaired) electrons. The molecule has 2 N–H and O–H groups in total. The second-order valence-electron chi connectivity index (χ2n) is 4.70. The van der Waals surface area contributed by atoms with E-state index < -0.39 is 0 Å². The van der Waals surface area contributed by atoms with Crippen LogP contribution in [0.4, 0.5) is 5.82 Å². The van der Waals surface area contributed by atoms with E-state index in [1.165, 1.54) is 19.3 Å². The van der Waals surface area contributed by atoms with Crippen LogP contribution >= 0.6 is 15.9 Å². The fourth-order valence-corrected chi connectivity index (χ4v) is 2.85. The quantitative estimate of drug-likeness (QED) is 0.906. The normalized spacial score (nSPS) is 24.9. The van der Waals surface area contributed by atoms with E-state index >= 15 is 0 Å². The minimum atomic E-state index is 0.510. The van der Waals surface area contributed by atoms with E-state index in [0.29, 0.717) is 11.7 Å². The average Bonchev–Trinajstić information content (AvgIpc) is 2.69. The number of rotatable bonds is 2. The molecule has 2 atom stereocenters. The Morgan fingerprint density at radius 3 is 2.69 bits per heavy atom. The van der Waals surface area contributed by atoms with Crippen LogP contribution in [0.15, 0.2) is 4.47 Å². The summed E-state index contributed by atoms with van der Waals surface area (Å²) in [5.74, 6) is 2.84. The molecule has 0 aromatic carbocycles. The van der Waals surface area contributed by atoms with Crippen molar-refractivity contribution >= 4 is 21.7 Å². The molecule has 1 fully saturated rings. The number of hydrogen-bond acceptors (Lipinski definition) is 3. The lowest BCUT2D eigenvalue weighted by molar-refractivity contribution is 0.584. The summed E-state index contributed by atoms with van der Waals surface area (Å²) in [5, 5.41) is 0. The molecule has 0 aliphatic heterocycles. The number of aryl methyl sites for hydroxylation is 1. The van der Waals surface area contributed by atoms with Gasteiger partial charge in [0, 0.05) is 5.92 Å². The third-order valence-electron chi connectivity index (χ3n) is 3.36. The monoisotopic (exact) mass is 283 g/mol. The highest BCUT2D eigenvalue weighted by Gasteiger charge is 2.26. The van der Waals surface area contributed by atoms with Crippen LogP contribution in [0.2, 0.25) is 0 Å². The summed E-state index contributed by atoms with van der Waals surface area (Å²) < 4.78 is 0.866. The standard InChI is InChI=1S/C12H18BrN3/c1-3-9-10(13)11(14)16-12(15-9)8-5-4-7(2)6-8/h7-8H,3-6H2,1-2H3,(H2,14,15,16). The maximum absolute atomic E-state index is 5.90. The van der Waals surface area contributed by atoms with Gasteiger partial charge in [-0.3, -0.25) is 0 Å². The summed E-state index contributed by atoms with van der Waals surface area (Å²) in [7, 11) is 0. The van der Waals surface area contributed by atoms with Gasteiger partial charge in [-0.25, -0.2) is 9.97 Å². The zero-order valence-electron chi connectivity index (χ0n) is 9.83. The van der Waals surface area contributed by atoms with Crippen LogP contribution in [0, 0.1) is 5.92 Å². The van der Waals surface area contributed by atoms with Gasteiger partial charge < -0.3 is 5.73 Å². The second kappa shape index (κ2) is 4.70. The van der Waals surface area contributed by atoms with Crippen molar-refractivity contribution in [1.29, 1.82) is 0 Å². The Balaban J connectivity index is 2.31. The maximum Gasteiger partial charge on any atom is 0.141 e. The van der Waals surface area contributed by atoms with Crippen molar-refractivity contribution in [2.45, 2.75) is 45.4 Å². The molecule has 3 nitrogen and oxygen atoms in total. The van der Waals surface area contributed by atoms with Gasteiger partial charge in [-0.15, -0.1) is 0 Å². The molecule has 2 rings (SSSR count). The fourth-order valence-electron chi connectivity index (χ4n) is 2.39. The lowest BCUT2D eigenvalue weighted by Gasteiger charge is -2.12. The molecule has 1 heterocycles. The minimum Gasteiger partial charge on any atom is -0.383 e. The first-order valence-corrected chi connectivity index (χ1v) is 6.72. The van der Waals surface area contributed by atoms with Gasteiger partial charge >= 0.3 is 0 Å². The number of nitrogens with zero attached hydrogens (tertiary/aromatic N) is 2. The van der Waals surface area contributed by atoms with Crippen LogP contribution in [0.25, 0.3) is 0 Å². The summed E-state index contributed by atoms with van der Waals surface area (Å²) in [5.41, 5.74) is 6.93. The first-order valence-electron chi connectivity index (χ1n) is 5.93. The van der Waals surface area contributed by atoms with E-state index in [0.717, 1.165) is 28.3 Å². The first-order chi connectivity index (χ1) is 7.61. The van der Waals surface area contributed by atoms with Crippen LogP contribution in [0.1, 0.15) is 50.5 Å². The Labute approximate surface area is 105 Å². The van der Waals surface area contributed by atoms with Crippen molar-refractivity contribution in [2.24, 2.45) is 5.92 Å². The molecule has 0 saturated heterocycles. The van der Waals surface area contributed by atoms with E-state index in [1.807, 2.05) is 0 Å². The third-order valence-corrected chi connectivity index (χ3v) is 4.22. The smallest absolute Gasteiger partial charge is 0.141 e. The zero-order chi connectivity index (χ0) is 11.7. The van der Waals surface area contributed by atoms with E-state index in [2.05, 4.69) is 39.7 Å². The number of nitrogen functional groups attached to an aromatic ring is 1. The van der Waals surface area contributed by atoms with Crippen molar-refractivity contribution in [3.63, 3.8) is 0 Å². The van der Waals surface area contributed by atoms with Crippen molar-refractivity contribution in [2.75, 3.05) is 5.73 Å². The molecule has 1 saturated carbocycles.